The Hall–Kier alpha value is -0.975. The highest BCUT2D eigenvalue weighted by Crippen LogP contribution is 2.37. The Balaban J connectivity index is 2.49. The van der Waals surface area contributed by atoms with E-state index in [1.165, 1.54) is 0 Å². The molecule has 0 aliphatic heterocycles. The minimum atomic E-state index is -0.173. The smallest absolute Gasteiger partial charge is 0.217 e. The molecule has 0 saturated heterocycles. The van der Waals surface area contributed by atoms with Crippen molar-refractivity contribution < 1.29 is 4.79 Å². The summed E-state index contributed by atoms with van der Waals surface area (Å²) in [4.78, 5) is 10.9. The molecule has 0 spiro atoms. The summed E-state index contributed by atoms with van der Waals surface area (Å²) in [6.07, 6.45) is 4.84. The third-order valence-corrected chi connectivity index (χ3v) is 3.00. The van der Waals surface area contributed by atoms with Crippen molar-refractivity contribution in [3.05, 3.63) is 0 Å². The van der Waals surface area contributed by atoms with E-state index >= 15 is 0 Å². The third kappa shape index (κ3) is 3.06. The average molecular weight is 192 g/mol. The van der Waals surface area contributed by atoms with E-state index in [-0.39, 0.29) is 17.3 Å². The molecular weight excluding hydrogens is 175 g/mol. The van der Waals surface area contributed by atoms with E-state index in [4.69, 9.17) is 5.26 Å². The first-order valence-corrected chi connectivity index (χ1v) is 5.24. The van der Waals surface area contributed by atoms with E-state index in [1.54, 1.807) is 6.92 Å². The molecule has 0 aromatic rings. The minimum absolute atomic E-state index is 0.0376. The van der Waals surface area contributed by atoms with Gasteiger partial charge in [-0.3, -0.25) is 4.79 Å². The fraction of sp³-hybridized carbons (Fsp3) is 0.800. The second kappa shape index (κ2) is 4.50. The number of hydrogen-bond donors (Lipinski definition) is 1. The quantitative estimate of drug-likeness (QED) is 0.492. The first-order chi connectivity index (χ1) is 6.56. The molecule has 1 aliphatic carbocycles. The standard InChI is InChI=1S/C10H17BN2O/c1-8(14)13-9-3-2-5-10(11,7-12)6-4-9/h9H,2-6,11H2,1H3,(H,13,14). The van der Waals surface area contributed by atoms with Crippen LogP contribution in [0.5, 0.6) is 0 Å². The molecule has 0 aromatic carbocycles. The lowest BCUT2D eigenvalue weighted by atomic mass is 9.65. The highest BCUT2D eigenvalue weighted by atomic mass is 16.1. The number of carbonyl (C=O) groups excluding carboxylic acids is 1. The van der Waals surface area contributed by atoms with E-state index in [2.05, 4.69) is 11.4 Å². The van der Waals surface area contributed by atoms with E-state index < -0.39 is 0 Å². The maximum atomic E-state index is 10.9. The molecule has 1 saturated carbocycles. The van der Waals surface area contributed by atoms with Crippen LogP contribution in [0.4, 0.5) is 0 Å². The van der Waals surface area contributed by atoms with Crippen LogP contribution in [0.3, 0.4) is 0 Å². The van der Waals surface area contributed by atoms with Gasteiger partial charge in [0, 0.05) is 18.3 Å². The number of hydrogen-bond acceptors (Lipinski definition) is 2. The zero-order valence-corrected chi connectivity index (χ0v) is 8.97. The molecule has 3 nitrogen and oxygen atoms in total. The number of nitrogens with one attached hydrogen (secondary N) is 1. The van der Waals surface area contributed by atoms with Crippen LogP contribution in [0.25, 0.3) is 0 Å². The summed E-state index contributed by atoms with van der Waals surface area (Å²) in [5.41, 5.74) is 0. The normalized spacial score (nSPS) is 32.7. The molecule has 1 fully saturated rings. The van der Waals surface area contributed by atoms with Gasteiger partial charge in [-0.05, 0) is 25.7 Å². The molecule has 0 heterocycles. The summed E-state index contributed by atoms with van der Waals surface area (Å²) >= 11 is 0. The summed E-state index contributed by atoms with van der Waals surface area (Å²) < 4.78 is 0. The Morgan fingerprint density at radius 2 is 2.29 bits per heavy atom. The Labute approximate surface area is 86.3 Å². The fourth-order valence-electron chi connectivity index (χ4n) is 2.04. The molecule has 1 amide bonds. The van der Waals surface area contributed by atoms with Gasteiger partial charge in [0.25, 0.3) is 0 Å². The maximum Gasteiger partial charge on any atom is 0.217 e. The van der Waals surface area contributed by atoms with Crippen molar-refractivity contribution in [2.75, 3.05) is 0 Å². The minimum Gasteiger partial charge on any atom is -0.354 e. The number of nitrogens with zero attached hydrogens (tertiary/aromatic N) is 1. The van der Waals surface area contributed by atoms with Gasteiger partial charge < -0.3 is 5.32 Å². The van der Waals surface area contributed by atoms with Crippen LogP contribution in [0.1, 0.15) is 39.0 Å². The van der Waals surface area contributed by atoms with E-state index in [0.29, 0.717) is 0 Å². The van der Waals surface area contributed by atoms with Gasteiger partial charge >= 0.3 is 0 Å². The predicted octanol–water partition coefficient (Wildman–Crippen LogP) is 0.771. The first-order valence-electron chi connectivity index (χ1n) is 5.24. The first kappa shape index (κ1) is 11.1. The van der Waals surface area contributed by atoms with Crippen molar-refractivity contribution in [2.24, 2.45) is 0 Å². The van der Waals surface area contributed by atoms with Gasteiger partial charge in [-0.25, -0.2) is 0 Å². The Morgan fingerprint density at radius 3 is 2.86 bits per heavy atom. The molecule has 76 valence electrons. The molecule has 2 atom stereocenters. The monoisotopic (exact) mass is 192 g/mol. The van der Waals surface area contributed by atoms with Crippen molar-refractivity contribution in [2.45, 2.75) is 50.4 Å². The van der Waals surface area contributed by atoms with Crippen LogP contribution >= 0.6 is 0 Å². The predicted molar refractivity (Wildman–Crippen MR) is 57.5 cm³/mol. The Bertz CT molecular complexity index is 261. The molecule has 14 heavy (non-hydrogen) atoms. The van der Waals surface area contributed by atoms with Gasteiger partial charge in [-0.2, -0.15) is 5.26 Å². The Kier molecular flexibility index (Phi) is 3.57. The highest BCUT2D eigenvalue weighted by Gasteiger charge is 2.28. The lowest BCUT2D eigenvalue weighted by molar-refractivity contribution is -0.119. The molecule has 1 rings (SSSR count). The van der Waals surface area contributed by atoms with E-state index in [0.717, 1.165) is 32.1 Å². The fourth-order valence-corrected chi connectivity index (χ4v) is 2.04. The van der Waals surface area contributed by atoms with E-state index in [1.807, 2.05) is 7.85 Å². The largest absolute Gasteiger partial charge is 0.354 e. The topological polar surface area (TPSA) is 52.9 Å². The molecule has 4 heteroatoms. The van der Waals surface area contributed by atoms with Crippen LogP contribution in [-0.4, -0.2) is 19.8 Å². The molecule has 1 aliphatic rings. The van der Waals surface area contributed by atoms with Gasteiger partial charge in [0.1, 0.15) is 7.85 Å². The zero-order valence-electron chi connectivity index (χ0n) is 8.97. The van der Waals surface area contributed by atoms with Crippen LogP contribution in [-0.2, 0) is 4.79 Å². The molecule has 2 unspecified atom stereocenters. The number of carbonyl (C=O) groups is 1. The molecule has 0 aromatic heterocycles. The zero-order chi connectivity index (χ0) is 10.6. The average Bonchev–Trinajstić information content (AvgIpc) is 2.29. The van der Waals surface area contributed by atoms with Crippen LogP contribution < -0.4 is 5.32 Å². The van der Waals surface area contributed by atoms with Crippen molar-refractivity contribution in [1.82, 2.24) is 5.32 Å². The van der Waals surface area contributed by atoms with Crippen molar-refractivity contribution in [1.29, 1.82) is 5.26 Å². The van der Waals surface area contributed by atoms with Gasteiger partial charge in [0.2, 0.25) is 5.91 Å². The molecule has 0 radical (unpaired) electrons. The summed E-state index contributed by atoms with van der Waals surface area (Å²) in [5.74, 6) is 0.0376. The summed E-state index contributed by atoms with van der Waals surface area (Å²) in [6.45, 7) is 1.55. The number of nitriles is 1. The van der Waals surface area contributed by atoms with Crippen molar-refractivity contribution >= 4 is 13.8 Å². The van der Waals surface area contributed by atoms with Crippen LogP contribution in [0.2, 0.25) is 5.31 Å². The molecular formula is C10H17BN2O. The SMILES string of the molecule is BC1(C#N)CCCC(NC(C)=O)CC1. The lowest BCUT2D eigenvalue weighted by Gasteiger charge is -2.18. The molecule has 1 N–H and O–H groups in total. The third-order valence-electron chi connectivity index (χ3n) is 3.00. The van der Waals surface area contributed by atoms with Gasteiger partial charge in [-0.1, -0.05) is 6.42 Å². The highest BCUT2D eigenvalue weighted by molar-refractivity contribution is 6.17. The number of rotatable bonds is 1. The van der Waals surface area contributed by atoms with Crippen LogP contribution in [0.15, 0.2) is 0 Å². The second-order valence-corrected chi connectivity index (χ2v) is 4.50. The lowest BCUT2D eigenvalue weighted by Crippen LogP contribution is -2.32. The summed E-state index contributed by atoms with van der Waals surface area (Å²) in [7, 11) is 2.02. The maximum absolute atomic E-state index is 10.9. The van der Waals surface area contributed by atoms with E-state index in [9.17, 15) is 4.79 Å². The van der Waals surface area contributed by atoms with Gasteiger partial charge in [0.05, 0.1) is 6.07 Å². The Morgan fingerprint density at radius 1 is 1.57 bits per heavy atom. The van der Waals surface area contributed by atoms with Gasteiger partial charge in [0.15, 0.2) is 0 Å². The van der Waals surface area contributed by atoms with Crippen molar-refractivity contribution in [3.63, 3.8) is 0 Å². The summed E-state index contributed by atoms with van der Waals surface area (Å²) in [5, 5.41) is 11.8. The molecule has 0 bridgehead atoms. The van der Waals surface area contributed by atoms with Crippen LogP contribution in [0, 0.1) is 11.3 Å². The van der Waals surface area contributed by atoms with Gasteiger partial charge in [-0.15, -0.1) is 0 Å². The number of amides is 1. The van der Waals surface area contributed by atoms with Crippen molar-refractivity contribution in [3.8, 4) is 6.07 Å². The second-order valence-electron chi connectivity index (χ2n) is 4.50. The summed E-state index contributed by atoms with van der Waals surface area (Å²) in [6, 6.07) is 2.66.